The van der Waals surface area contributed by atoms with E-state index in [9.17, 15) is 18.0 Å². The molecule has 7 heteroatoms. The van der Waals surface area contributed by atoms with Crippen LogP contribution in [0.25, 0.3) is 0 Å². The van der Waals surface area contributed by atoms with Gasteiger partial charge in [0.1, 0.15) is 0 Å². The first-order valence-electron chi connectivity index (χ1n) is 8.68. The molecule has 138 valence electrons. The van der Waals surface area contributed by atoms with Gasteiger partial charge < -0.3 is 10.1 Å². The van der Waals surface area contributed by atoms with Crippen molar-refractivity contribution in [3.63, 3.8) is 0 Å². The van der Waals surface area contributed by atoms with Crippen molar-refractivity contribution >= 4 is 21.7 Å². The van der Waals surface area contributed by atoms with Gasteiger partial charge in [-0.2, -0.15) is 0 Å². The summed E-state index contributed by atoms with van der Waals surface area (Å²) in [6.45, 7) is 3.00. The summed E-state index contributed by atoms with van der Waals surface area (Å²) in [5.41, 5.74) is -0.0401. The first-order valence-corrected chi connectivity index (χ1v) is 10.3. The third kappa shape index (κ3) is 5.04. The number of hydrogen-bond acceptors (Lipinski definition) is 5. The number of ether oxygens (including phenoxy) is 1. The van der Waals surface area contributed by atoms with Gasteiger partial charge in [0.05, 0.1) is 16.2 Å². The highest BCUT2D eigenvalue weighted by Crippen LogP contribution is 2.20. The number of carbonyl (C=O) groups excluding carboxylic acids is 2. The van der Waals surface area contributed by atoms with Crippen LogP contribution in [-0.2, 0) is 19.4 Å². The van der Waals surface area contributed by atoms with Crippen LogP contribution in [0.2, 0.25) is 0 Å². The molecule has 1 aromatic rings. The first kappa shape index (κ1) is 19.4. The SMILES string of the molecule is CCS(=O)(=O)c1ccccc1C(=O)O[C@@H](C)C(=O)NC1CCCCC1. The number of sulfone groups is 1. The molecule has 2 rings (SSSR count). The lowest BCUT2D eigenvalue weighted by Gasteiger charge is -2.24. The van der Waals surface area contributed by atoms with Gasteiger partial charge in [-0.15, -0.1) is 0 Å². The summed E-state index contributed by atoms with van der Waals surface area (Å²) in [5, 5.41) is 2.90. The largest absolute Gasteiger partial charge is 0.449 e. The Bertz CT molecular complexity index is 723. The van der Waals surface area contributed by atoms with Gasteiger partial charge in [-0.25, -0.2) is 13.2 Å². The maximum atomic E-state index is 12.4. The zero-order valence-corrected chi connectivity index (χ0v) is 15.5. The van der Waals surface area contributed by atoms with Gasteiger partial charge in [0, 0.05) is 6.04 Å². The molecule has 25 heavy (non-hydrogen) atoms. The number of benzene rings is 1. The zero-order chi connectivity index (χ0) is 18.4. The molecule has 0 radical (unpaired) electrons. The van der Waals surface area contributed by atoms with Crippen LogP contribution in [0.4, 0.5) is 0 Å². The van der Waals surface area contributed by atoms with Crippen molar-refractivity contribution < 1.29 is 22.7 Å². The Morgan fingerprint density at radius 3 is 2.48 bits per heavy atom. The highest BCUT2D eigenvalue weighted by molar-refractivity contribution is 7.91. The third-order valence-corrected chi connectivity index (χ3v) is 6.21. The van der Waals surface area contributed by atoms with E-state index in [1.807, 2.05) is 0 Å². The molecule has 0 unspecified atom stereocenters. The Balaban J connectivity index is 2.05. The molecule has 1 aromatic carbocycles. The maximum Gasteiger partial charge on any atom is 0.340 e. The van der Waals surface area contributed by atoms with Crippen molar-refractivity contribution in [2.24, 2.45) is 0 Å². The van der Waals surface area contributed by atoms with E-state index in [0.717, 1.165) is 25.7 Å². The van der Waals surface area contributed by atoms with Crippen LogP contribution >= 0.6 is 0 Å². The third-order valence-electron chi connectivity index (χ3n) is 4.43. The summed E-state index contributed by atoms with van der Waals surface area (Å²) in [6.07, 6.45) is 4.24. The second-order valence-corrected chi connectivity index (χ2v) is 8.54. The number of amides is 1. The van der Waals surface area contributed by atoms with Gasteiger partial charge in [0.25, 0.3) is 5.91 Å². The molecule has 0 saturated heterocycles. The number of rotatable bonds is 6. The molecule has 0 aromatic heterocycles. The van der Waals surface area contributed by atoms with Gasteiger partial charge in [-0.05, 0) is 31.9 Å². The van der Waals surface area contributed by atoms with Gasteiger partial charge in [0.2, 0.25) is 0 Å². The van der Waals surface area contributed by atoms with E-state index < -0.39 is 21.9 Å². The van der Waals surface area contributed by atoms with Gasteiger partial charge in [0.15, 0.2) is 15.9 Å². The van der Waals surface area contributed by atoms with Crippen molar-refractivity contribution in [1.82, 2.24) is 5.32 Å². The van der Waals surface area contributed by atoms with E-state index in [1.165, 1.54) is 32.4 Å². The number of esters is 1. The van der Waals surface area contributed by atoms with E-state index in [4.69, 9.17) is 4.74 Å². The predicted octanol–water partition coefficient (Wildman–Crippen LogP) is 2.47. The van der Waals surface area contributed by atoms with Crippen molar-refractivity contribution in [3.05, 3.63) is 29.8 Å². The zero-order valence-electron chi connectivity index (χ0n) is 14.7. The van der Waals surface area contributed by atoms with E-state index >= 15 is 0 Å². The molecule has 0 heterocycles. The van der Waals surface area contributed by atoms with E-state index in [1.54, 1.807) is 12.1 Å². The fourth-order valence-corrected chi connectivity index (χ4v) is 3.99. The van der Waals surface area contributed by atoms with Gasteiger partial charge >= 0.3 is 5.97 Å². The number of hydrogen-bond donors (Lipinski definition) is 1. The van der Waals surface area contributed by atoms with Crippen LogP contribution in [-0.4, -0.2) is 38.2 Å². The molecular weight excluding hydrogens is 342 g/mol. The average molecular weight is 367 g/mol. The normalized spacial score (nSPS) is 16.9. The van der Waals surface area contributed by atoms with Crippen LogP contribution in [0, 0.1) is 0 Å². The molecule has 0 bridgehead atoms. The van der Waals surface area contributed by atoms with Crippen LogP contribution in [0.5, 0.6) is 0 Å². The van der Waals surface area contributed by atoms with E-state index in [0.29, 0.717) is 0 Å². The van der Waals surface area contributed by atoms with Crippen LogP contribution < -0.4 is 5.32 Å². The number of nitrogens with one attached hydrogen (secondary N) is 1. The Morgan fingerprint density at radius 1 is 1.20 bits per heavy atom. The molecule has 1 saturated carbocycles. The van der Waals surface area contributed by atoms with Crippen LogP contribution in [0.15, 0.2) is 29.2 Å². The molecule has 1 amide bonds. The summed E-state index contributed by atoms with van der Waals surface area (Å²) >= 11 is 0. The molecule has 1 N–H and O–H groups in total. The average Bonchev–Trinajstić information content (AvgIpc) is 2.62. The second kappa shape index (κ2) is 8.47. The quantitative estimate of drug-likeness (QED) is 0.780. The Labute approximate surface area is 148 Å². The molecule has 1 fully saturated rings. The summed E-state index contributed by atoms with van der Waals surface area (Å²) in [6, 6.07) is 6.02. The molecule has 6 nitrogen and oxygen atoms in total. The van der Waals surface area contributed by atoms with Crippen LogP contribution in [0.1, 0.15) is 56.3 Å². The Hall–Kier alpha value is -1.89. The highest BCUT2D eigenvalue weighted by atomic mass is 32.2. The van der Waals surface area contributed by atoms with Gasteiger partial charge in [-0.3, -0.25) is 4.79 Å². The number of carbonyl (C=O) groups is 2. The summed E-state index contributed by atoms with van der Waals surface area (Å²) < 4.78 is 29.4. The standard InChI is InChI=1S/C18H25NO5S/c1-3-25(22,23)16-12-8-7-11-15(16)18(21)24-13(2)17(20)19-14-9-5-4-6-10-14/h7-8,11-14H,3-6,9-10H2,1-2H3,(H,19,20)/t13-/m0/s1. The minimum atomic E-state index is -3.55. The van der Waals surface area contributed by atoms with E-state index in [2.05, 4.69) is 5.32 Å². The maximum absolute atomic E-state index is 12.4. The predicted molar refractivity (Wildman–Crippen MR) is 94.1 cm³/mol. The molecule has 1 aliphatic rings. The van der Waals surface area contributed by atoms with Crippen molar-refractivity contribution in [3.8, 4) is 0 Å². The molecule has 0 spiro atoms. The lowest BCUT2D eigenvalue weighted by atomic mass is 9.95. The monoisotopic (exact) mass is 367 g/mol. The Morgan fingerprint density at radius 2 is 1.84 bits per heavy atom. The fourth-order valence-electron chi connectivity index (χ4n) is 2.91. The van der Waals surface area contributed by atoms with E-state index in [-0.39, 0.29) is 28.2 Å². The van der Waals surface area contributed by atoms with Crippen molar-refractivity contribution in [2.75, 3.05) is 5.75 Å². The minimum Gasteiger partial charge on any atom is -0.449 e. The smallest absolute Gasteiger partial charge is 0.340 e. The van der Waals surface area contributed by atoms with Crippen LogP contribution in [0.3, 0.4) is 0 Å². The lowest BCUT2D eigenvalue weighted by molar-refractivity contribution is -0.130. The second-order valence-electron chi connectivity index (χ2n) is 6.29. The molecule has 1 atom stereocenters. The van der Waals surface area contributed by atoms with Gasteiger partial charge in [-0.1, -0.05) is 38.3 Å². The summed E-state index contributed by atoms with van der Waals surface area (Å²) in [4.78, 5) is 24.5. The van der Waals surface area contributed by atoms with Crippen molar-refractivity contribution in [2.45, 2.75) is 63.0 Å². The van der Waals surface area contributed by atoms with Crippen molar-refractivity contribution in [1.29, 1.82) is 0 Å². The fraction of sp³-hybridized carbons (Fsp3) is 0.556. The molecule has 1 aliphatic carbocycles. The topological polar surface area (TPSA) is 89.5 Å². The highest BCUT2D eigenvalue weighted by Gasteiger charge is 2.26. The molecule has 0 aliphatic heterocycles. The summed E-state index contributed by atoms with van der Waals surface area (Å²) in [7, 11) is -3.55. The minimum absolute atomic E-state index is 0.0401. The molecular formula is C18H25NO5S. The summed E-state index contributed by atoms with van der Waals surface area (Å²) in [5.74, 6) is -1.27. The Kier molecular flexibility index (Phi) is 6.58. The lowest BCUT2D eigenvalue weighted by Crippen LogP contribution is -2.42. The first-order chi connectivity index (χ1) is 11.8.